The molecule has 0 heterocycles. The van der Waals surface area contributed by atoms with Crippen molar-refractivity contribution in [1.29, 1.82) is 0 Å². The second-order valence-electron chi connectivity index (χ2n) is 11.1. The van der Waals surface area contributed by atoms with E-state index in [2.05, 4.69) is 49.5 Å². The third-order valence-electron chi connectivity index (χ3n) is 7.10. The Labute approximate surface area is 252 Å². The molecule has 3 atom stereocenters. The molecule has 4 N–H and O–H groups in total. The summed E-state index contributed by atoms with van der Waals surface area (Å²) in [5.41, 5.74) is 0. The van der Waals surface area contributed by atoms with Crippen molar-refractivity contribution in [2.75, 3.05) is 6.61 Å². The van der Waals surface area contributed by atoms with Gasteiger partial charge >= 0.3 is 0 Å². The summed E-state index contributed by atoms with van der Waals surface area (Å²) in [6.07, 6.45) is 39.1. The van der Waals surface area contributed by atoms with Gasteiger partial charge in [0, 0.05) is 6.42 Å². The van der Waals surface area contributed by atoms with E-state index in [0.29, 0.717) is 6.42 Å². The number of carbonyl (C=O) groups excluding carboxylic acids is 1. The summed E-state index contributed by atoms with van der Waals surface area (Å²) in [7, 11) is 0. The van der Waals surface area contributed by atoms with Gasteiger partial charge in [0.25, 0.3) is 0 Å². The van der Waals surface area contributed by atoms with E-state index in [0.717, 1.165) is 51.4 Å². The molecule has 0 radical (unpaired) electrons. The number of carbonyl (C=O) groups is 1. The molecule has 0 aromatic rings. The Bertz CT molecular complexity index is 725. The van der Waals surface area contributed by atoms with Crippen LogP contribution in [0.25, 0.3) is 0 Å². The molecule has 0 unspecified atom stereocenters. The van der Waals surface area contributed by atoms with E-state index < -0.39 is 12.1 Å². The molecule has 5 heteroatoms. The van der Waals surface area contributed by atoms with E-state index in [1.165, 1.54) is 64.2 Å². The third kappa shape index (κ3) is 28.0. The van der Waals surface area contributed by atoms with Crippen LogP contribution in [0.5, 0.6) is 0 Å². The van der Waals surface area contributed by atoms with Crippen molar-refractivity contribution >= 4 is 5.91 Å². The number of allylic oxidation sites excluding steroid dienone is 8. The van der Waals surface area contributed by atoms with Gasteiger partial charge in [-0.05, 0) is 44.9 Å². The van der Waals surface area contributed by atoms with Crippen LogP contribution in [-0.4, -0.2) is 46.1 Å². The largest absolute Gasteiger partial charge is 0.394 e. The highest BCUT2D eigenvalue weighted by Crippen LogP contribution is 2.11. The zero-order valence-electron chi connectivity index (χ0n) is 26.4. The number of hydrogen-bond donors (Lipinski definition) is 4. The smallest absolute Gasteiger partial charge is 0.220 e. The van der Waals surface area contributed by atoms with Crippen LogP contribution in [0.1, 0.15) is 136 Å². The highest BCUT2D eigenvalue weighted by molar-refractivity contribution is 5.76. The molecule has 41 heavy (non-hydrogen) atoms. The van der Waals surface area contributed by atoms with Crippen LogP contribution in [0.2, 0.25) is 0 Å². The number of amides is 1. The van der Waals surface area contributed by atoms with E-state index in [1.54, 1.807) is 6.08 Å². The average Bonchev–Trinajstić information content (AvgIpc) is 2.97. The maximum Gasteiger partial charge on any atom is 0.220 e. The Hall–Kier alpha value is -1.95. The minimum atomic E-state index is -0.873. The van der Waals surface area contributed by atoms with Crippen LogP contribution >= 0.6 is 0 Å². The molecule has 236 valence electrons. The summed E-state index contributed by atoms with van der Waals surface area (Å²) in [6, 6.07) is -0.664. The zero-order chi connectivity index (χ0) is 30.2. The van der Waals surface area contributed by atoms with Gasteiger partial charge in [0.05, 0.1) is 24.9 Å². The average molecular weight is 574 g/mol. The van der Waals surface area contributed by atoms with Gasteiger partial charge in [-0.2, -0.15) is 0 Å². The molecule has 0 saturated carbocycles. The van der Waals surface area contributed by atoms with Gasteiger partial charge in [0.15, 0.2) is 0 Å². The first-order valence-electron chi connectivity index (χ1n) is 16.6. The van der Waals surface area contributed by atoms with Crippen LogP contribution in [0.3, 0.4) is 0 Å². The number of aliphatic hydroxyl groups excluding tert-OH is 3. The van der Waals surface area contributed by atoms with Crippen molar-refractivity contribution in [3.8, 4) is 0 Å². The van der Waals surface area contributed by atoms with Crippen LogP contribution in [0, 0.1) is 0 Å². The van der Waals surface area contributed by atoms with Crippen LogP contribution in [-0.2, 0) is 4.79 Å². The molecule has 0 fully saturated rings. The van der Waals surface area contributed by atoms with Gasteiger partial charge in [-0.3, -0.25) is 4.79 Å². The fourth-order valence-corrected chi connectivity index (χ4v) is 4.45. The number of nitrogens with one attached hydrogen (secondary N) is 1. The third-order valence-corrected chi connectivity index (χ3v) is 7.10. The van der Waals surface area contributed by atoms with Crippen molar-refractivity contribution in [2.24, 2.45) is 0 Å². The van der Waals surface area contributed by atoms with Gasteiger partial charge in [-0.1, -0.05) is 145 Å². The lowest BCUT2D eigenvalue weighted by Gasteiger charge is -2.19. The van der Waals surface area contributed by atoms with Crippen LogP contribution < -0.4 is 5.32 Å². The first-order valence-corrected chi connectivity index (χ1v) is 16.6. The molecule has 0 aromatic heterocycles. The standard InChI is InChI=1S/C36H63NO4/c1-3-5-7-8-9-10-12-16-19-22-26-30-35(40)34(32-38)37-36(41)31-27-23-20-17-14-11-13-15-18-21-25-29-33(39)28-24-6-4-2/h11,13,17-18,20-21,25-26,29-30,33-35,38-40H,3-10,12,14-16,19,22-24,27-28,31-32H2,1-2H3,(H,37,41)/b13-11-,20-17-,21-18-,29-25+,30-26+/t33-,34-,35+/m0/s1. The quantitative estimate of drug-likeness (QED) is 0.0430. The van der Waals surface area contributed by atoms with Crippen molar-refractivity contribution in [3.63, 3.8) is 0 Å². The highest BCUT2D eigenvalue weighted by Gasteiger charge is 2.17. The number of hydrogen-bond acceptors (Lipinski definition) is 4. The van der Waals surface area contributed by atoms with Crippen molar-refractivity contribution < 1.29 is 20.1 Å². The maximum atomic E-state index is 12.2. The van der Waals surface area contributed by atoms with Crippen LogP contribution in [0.4, 0.5) is 0 Å². The molecule has 0 aliphatic heterocycles. The zero-order valence-corrected chi connectivity index (χ0v) is 26.4. The molecule has 1 amide bonds. The van der Waals surface area contributed by atoms with Gasteiger partial charge < -0.3 is 20.6 Å². The Morgan fingerprint density at radius 1 is 0.659 bits per heavy atom. The molecule has 0 aliphatic carbocycles. The molecule has 5 nitrogen and oxygen atoms in total. The first kappa shape index (κ1) is 39.0. The summed E-state index contributed by atoms with van der Waals surface area (Å²) in [5, 5.41) is 32.5. The topological polar surface area (TPSA) is 89.8 Å². The highest BCUT2D eigenvalue weighted by atomic mass is 16.3. The van der Waals surface area contributed by atoms with Crippen molar-refractivity contribution in [3.05, 3.63) is 60.8 Å². The van der Waals surface area contributed by atoms with E-state index in [1.807, 2.05) is 24.3 Å². The number of rotatable bonds is 28. The molecule has 0 aromatic carbocycles. The summed E-state index contributed by atoms with van der Waals surface area (Å²) in [4.78, 5) is 12.2. The Morgan fingerprint density at radius 3 is 1.93 bits per heavy atom. The fraction of sp³-hybridized carbons (Fsp3) is 0.694. The SMILES string of the molecule is CCCCCCCCCCC/C=C/[C@@H](O)[C@H](CO)NC(=O)CCC/C=C\C/C=C\C/C=C\C=C\[C@@H](O)CCCCC. The predicted octanol–water partition coefficient (Wildman–Crippen LogP) is 8.42. The first-order chi connectivity index (χ1) is 20.0. The van der Waals surface area contributed by atoms with E-state index >= 15 is 0 Å². The Kier molecular flexibility index (Phi) is 29.5. The summed E-state index contributed by atoms with van der Waals surface area (Å²) < 4.78 is 0. The van der Waals surface area contributed by atoms with Gasteiger partial charge in [-0.25, -0.2) is 0 Å². The Morgan fingerprint density at radius 2 is 1.24 bits per heavy atom. The van der Waals surface area contributed by atoms with Gasteiger partial charge in [0.2, 0.25) is 5.91 Å². The fourth-order valence-electron chi connectivity index (χ4n) is 4.45. The normalized spacial score (nSPS) is 14.8. The lowest BCUT2D eigenvalue weighted by Crippen LogP contribution is -2.45. The lowest BCUT2D eigenvalue weighted by atomic mass is 10.1. The number of aliphatic hydroxyl groups is 3. The molecular weight excluding hydrogens is 510 g/mol. The summed E-state index contributed by atoms with van der Waals surface area (Å²) in [5.74, 6) is -0.141. The second kappa shape index (κ2) is 31.0. The minimum absolute atomic E-state index is 0.141. The predicted molar refractivity (Wildman–Crippen MR) is 176 cm³/mol. The summed E-state index contributed by atoms with van der Waals surface area (Å²) in [6.45, 7) is 4.12. The molecule has 0 spiro atoms. The molecule has 0 aliphatic rings. The van der Waals surface area contributed by atoms with E-state index in [-0.39, 0.29) is 18.6 Å². The van der Waals surface area contributed by atoms with Crippen molar-refractivity contribution in [2.45, 2.75) is 154 Å². The minimum Gasteiger partial charge on any atom is -0.394 e. The van der Waals surface area contributed by atoms with E-state index in [4.69, 9.17) is 0 Å². The van der Waals surface area contributed by atoms with Crippen molar-refractivity contribution in [1.82, 2.24) is 5.32 Å². The van der Waals surface area contributed by atoms with E-state index in [9.17, 15) is 20.1 Å². The molecular formula is C36H63NO4. The maximum absolute atomic E-state index is 12.2. The summed E-state index contributed by atoms with van der Waals surface area (Å²) >= 11 is 0. The van der Waals surface area contributed by atoms with Gasteiger partial charge in [0.1, 0.15) is 0 Å². The molecule has 0 rings (SSSR count). The lowest BCUT2D eigenvalue weighted by molar-refractivity contribution is -0.122. The molecule has 0 saturated heterocycles. The monoisotopic (exact) mass is 573 g/mol. The van der Waals surface area contributed by atoms with Gasteiger partial charge in [-0.15, -0.1) is 0 Å². The second-order valence-corrected chi connectivity index (χ2v) is 11.1. The Balaban J connectivity index is 3.88. The van der Waals surface area contributed by atoms with Crippen LogP contribution in [0.15, 0.2) is 60.8 Å². The number of unbranched alkanes of at least 4 members (excludes halogenated alkanes) is 12. The molecule has 0 bridgehead atoms.